The van der Waals surface area contributed by atoms with Crippen molar-refractivity contribution in [1.29, 1.82) is 0 Å². The van der Waals surface area contributed by atoms with Gasteiger partial charge in [0.05, 0.1) is 11.4 Å². The van der Waals surface area contributed by atoms with E-state index in [2.05, 4.69) is 36.8 Å². The molecule has 170 valence electrons. The summed E-state index contributed by atoms with van der Waals surface area (Å²) in [4.78, 5) is 16.4. The van der Waals surface area contributed by atoms with E-state index in [1.807, 2.05) is 13.0 Å². The highest BCUT2D eigenvalue weighted by Crippen LogP contribution is 2.26. The third kappa shape index (κ3) is 4.26. The van der Waals surface area contributed by atoms with E-state index < -0.39 is 10.0 Å². The standard InChI is InChI=1S/C20H32N8O2S/c1-15-20(16(2)25(5)23-15)31(29,30)28-12-10-27(11-13-28)19-14-18(21-17(3)22-19)26-8-6-24(4)7-9-26/h14H,6-13H2,1-5H3. The van der Waals surface area contributed by atoms with Crippen LogP contribution in [0.1, 0.15) is 17.2 Å². The summed E-state index contributed by atoms with van der Waals surface area (Å²) in [6.07, 6.45) is 0. The minimum Gasteiger partial charge on any atom is -0.354 e. The van der Waals surface area contributed by atoms with Crippen molar-refractivity contribution in [3.05, 3.63) is 23.3 Å². The third-order valence-corrected chi connectivity index (χ3v) is 8.39. The van der Waals surface area contributed by atoms with Gasteiger partial charge >= 0.3 is 0 Å². The zero-order chi connectivity index (χ0) is 22.3. The van der Waals surface area contributed by atoms with Crippen LogP contribution in [0.15, 0.2) is 11.0 Å². The van der Waals surface area contributed by atoms with E-state index >= 15 is 0 Å². The molecule has 0 atom stereocenters. The molecule has 0 radical (unpaired) electrons. The maximum Gasteiger partial charge on any atom is 0.246 e. The fourth-order valence-corrected chi connectivity index (χ4v) is 6.13. The van der Waals surface area contributed by atoms with Crippen molar-refractivity contribution in [3.8, 4) is 0 Å². The minimum absolute atomic E-state index is 0.332. The Labute approximate surface area is 184 Å². The summed E-state index contributed by atoms with van der Waals surface area (Å²) in [5, 5.41) is 4.28. The second-order valence-electron chi connectivity index (χ2n) is 8.44. The highest BCUT2D eigenvalue weighted by Gasteiger charge is 2.33. The molecule has 2 aliphatic rings. The van der Waals surface area contributed by atoms with Crippen LogP contribution in [0.5, 0.6) is 0 Å². The average Bonchev–Trinajstić information content (AvgIpc) is 3.00. The molecule has 2 aromatic heterocycles. The molecule has 10 nitrogen and oxygen atoms in total. The molecule has 4 rings (SSSR count). The number of hydrogen-bond donors (Lipinski definition) is 0. The number of hydrogen-bond acceptors (Lipinski definition) is 8. The van der Waals surface area contributed by atoms with Crippen LogP contribution in [0.25, 0.3) is 0 Å². The summed E-state index contributed by atoms with van der Waals surface area (Å²) in [6.45, 7) is 11.4. The van der Waals surface area contributed by atoms with Gasteiger partial charge in [0, 0.05) is 65.5 Å². The fraction of sp³-hybridized carbons (Fsp3) is 0.650. The van der Waals surface area contributed by atoms with Gasteiger partial charge in [-0.05, 0) is 27.8 Å². The molecule has 2 aliphatic heterocycles. The number of aryl methyl sites for hydroxylation is 3. The number of nitrogens with zero attached hydrogens (tertiary/aromatic N) is 8. The van der Waals surface area contributed by atoms with Crippen LogP contribution in [-0.2, 0) is 17.1 Å². The Balaban J connectivity index is 1.49. The fourth-order valence-electron chi connectivity index (χ4n) is 4.31. The van der Waals surface area contributed by atoms with Crippen molar-refractivity contribution in [3.63, 3.8) is 0 Å². The molecule has 0 amide bonds. The molecule has 0 aromatic carbocycles. The van der Waals surface area contributed by atoms with Gasteiger partial charge < -0.3 is 14.7 Å². The number of aromatic nitrogens is 4. The Kier molecular flexibility index (Phi) is 5.93. The van der Waals surface area contributed by atoms with Gasteiger partial charge in [0.2, 0.25) is 10.0 Å². The number of sulfonamides is 1. The first kappa shape index (κ1) is 22.0. The van der Waals surface area contributed by atoms with Gasteiger partial charge in [0.15, 0.2) is 0 Å². The van der Waals surface area contributed by atoms with Crippen molar-refractivity contribution in [1.82, 2.24) is 29.0 Å². The van der Waals surface area contributed by atoms with Gasteiger partial charge in [0.25, 0.3) is 0 Å². The molecule has 0 spiro atoms. The van der Waals surface area contributed by atoms with Crippen molar-refractivity contribution in [2.75, 3.05) is 69.2 Å². The molecule has 31 heavy (non-hydrogen) atoms. The van der Waals surface area contributed by atoms with Crippen LogP contribution in [0.3, 0.4) is 0 Å². The van der Waals surface area contributed by atoms with Gasteiger partial charge in [-0.2, -0.15) is 9.40 Å². The predicted molar refractivity (Wildman–Crippen MR) is 120 cm³/mol. The van der Waals surface area contributed by atoms with E-state index in [1.165, 1.54) is 0 Å². The zero-order valence-corrected chi connectivity index (χ0v) is 19.9. The summed E-state index contributed by atoms with van der Waals surface area (Å²) in [5.74, 6) is 2.56. The van der Waals surface area contributed by atoms with Crippen LogP contribution in [0.4, 0.5) is 11.6 Å². The Bertz CT molecular complexity index is 1050. The smallest absolute Gasteiger partial charge is 0.246 e. The Morgan fingerprint density at radius 2 is 1.32 bits per heavy atom. The first-order valence-electron chi connectivity index (χ1n) is 10.7. The number of rotatable bonds is 4. The lowest BCUT2D eigenvalue weighted by Gasteiger charge is -2.36. The first-order valence-corrected chi connectivity index (χ1v) is 12.2. The lowest BCUT2D eigenvalue weighted by molar-refractivity contribution is 0.312. The zero-order valence-electron chi connectivity index (χ0n) is 19.0. The van der Waals surface area contributed by atoms with Gasteiger partial charge in [-0.15, -0.1) is 0 Å². The van der Waals surface area contributed by atoms with Gasteiger partial charge in [-0.3, -0.25) is 4.68 Å². The molecular weight excluding hydrogens is 416 g/mol. The maximum absolute atomic E-state index is 13.2. The van der Waals surface area contributed by atoms with Crippen molar-refractivity contribution in [2.45, 2.75) is 25.7 Å². The van der Waals surface area contributed by atoms with Crippen LogP contribution < -0.4 is 9.80 Å². The molecule has 0 bridgehead atoms. The Hall–Kier alpha value is -2.24. The van der Waals surface area contributed by atoms with Crippen molar-refractivity contribution < 1.29 is 8.42 Å². The highest BCUT2D eigenvalue weighted by atomic mass is 32.2. The summed E-state index contributed by atoms with van der Waals surface area (Å²) in [5.41, 5.74) is 1.22. The van der Waals surface area contributed by atoms with E-state index in [0.29, 0.717) is 42.5 Å². The lowest BCUT2D eigenvalue weighted by atomic mass is 10.3. The monoisotopic (exact) mass is 448 g/mol. The topological polar surface area (TPSA) is 90.7 Å². The Morgan fingerprint density at radius 3 is 1.81 bits per heavy atom. The first-order chi connectivity index (χ1) is 14.7. The van der Waals surface area contributed by atoms with Crippen molar-refractivity contribution >= 4 is 21.7 Å². The molecule has 4 heterocycles. The molecular formula is C20H32N8O2S. The molecule has 0 saturated carbocycles. The van der Waals surface area contributed by atoms with Crippen LogP contribution in [-0.4, -0.2) is 96.8 Å². The SMILES string of the molecule is Cc1nc(N2CCN(C)CC2)cc(N2CCN(S(=O)(=O)c3c(C)nn(C)c3C)CC2)n1. The molecule has 0 N–H and O–H groups in total. The van der Waals surface area contributed by atoms with Gasteiger partial charge in [-0.25, -0.2) is 18.4 Å². The summed E-state index contributed by atoms with van der Waals surface area (Å²) >= 11 is 0. The van der Waals surface area contributed by atoms with E-state index in [9.17, 15) is 8.42 Å². The van der Waals surface area contributed by atoms with E-state index in [0.717, 1.165) is 43.6 Å². The largest absolute Gasteiger partial charge is 0.354 e. The molecule has 0 aliphatic carbocycles. The second-order valence-corrected chi connectivity index (χ2v) is 10.3. The predicted octanol–water partition coefficient (Wildman–Crippen LogP) is 0.398. The second kappa shape index (κ2) is 8.36. The number of likely N-dealkylation sites (N-methyl/N-ethyl adjacent to an activating group) is 1. The van der Waals surface area contributed by atoms with Crippen LogP contribution in [0, 0.1) is 20.8 Å². The third-order valence-electron chi connectivity index (χ3n) is 6.24. The molecule has 11 heteroatoms. The van der Waals surface area contributed by atoms with Crippen molar-refractivity contribution in [2.24, 2.45) is 7.05 Å². The molecule has 2 fully saturated rings. The van der Waals surface area contributed by atoms with Crippen LogP contribution in [0.2, 0.25) is 0 Å². The minimum atomic E-state index is -3.57. The molecule has 0 unspecified atom stereocenters. The quantitative estimate of drug-likeness (QED) is 0.664. The van der Waals surface area contributed by atoms with E-state index in [-0.39, 0.29) is 0 Å². The summed E-state index contributed by atoms with van der Waals surface area (Å²) in [6, 6.07) is 2.04. The van der Waals surface area contributed by atoms with Crippen LogP contribution >= 0.6 is 0 Å². The summed E-state index contributed by atoms with van der Waals surface area (Å²) in [7, 11) is 0.338. The Morgan fingerprint density at radius 1 is 0.806 bits per heavy atom. The van der Waals surface area contributed by atoms with Gasteiger partial charge in [0.1, 0.15) is 22.4 Å². The number of anilines is 2. The van der Waals surface area contributed by atoms with Gasteiger partial charge in [-0.1, -0.05) is 0 Å². The number of piperazine rings is 2. The highest BCUT2D eigenvalue weighted by molar-refractivity contribution is 7.89. The molecule has 2 saturated heterocycles. The lowest BCUT2D eigenvalue weighted by Crippen LogP contribution is -2.49. The normalized spacial score (nSPS) is 19.3. The summed E-state index contributed by atoms with van der Waals surface area (Å²) < 4.78 is 29.7. The maximum atomic E-state index is 13.2. The molecule has 2 aromatic rings. The van der Waals surface area contributed by atoms with E-state index in [4.69, 9.17) is 0 Å². The van der Waals surface area contributed by atoms with E-state index in [1.54, 1.807) is 29.9 Å². The average molecular weight is 449 g/mol.